The van der Waals surface area contributed by atoms with Crippen molar-refractivity contribution in [1.82, 2.24) is 46.9 Å². The largest absolute Gasteiger partial charge is 0.481 e. The number of hydrogen-bond acceptors (Lipinski definition) is 13. The van der Waals surface area contributed by atoms with Crippen LogP contribution in [-0.2, 0) is 56.0 Å². The van der Waals surface area contributed by atoms with E-state index in [-0.39, 0.29) is 38.2 Å². The second kappa shape index (κ2) is 25.5. The van der Waals surface area contributed by atoms with Crippen molar-refractivity contribution in [3.8, 4) is 0 Å². The first kappa shape index (κ1) is 44.6. The molecule has 1 aromatic heterocycles. The summed E-state index contributed by atoms with van der Waals surface area (Å²) in [5.41, 5.74) is 5.81. The van der Waals surface area contributed by atoms with E-state index in [1.807, 2.05) is 12.2 Å². The summed E-state index contributed by atoms with van der Waals surface area (Å²) in [6.07, 6.45) is 2.13. The Kier molecular flexibility index (Phi) is 21.9. The molecule has 0 unspecified atom stereocenters. The fraction of sp³-hybridized carbons (Fsp3) is 0.655. The van der Waals surface area contributed by atoms with E-state index in [1.165, 1.54) is 0 Å². The van der Waals surface area contributed by atoms with Crippen LogP contribution in [-0.4, -0.2) is 149 Å². The molecule has 0 spiro atoms. The number of rotatable bonds is 28. The van der Waals surface area contributed by atoms with Crippen LogP contribution < -0.4 is 37.6 Å². The van der Waals surface area contributed by atoms with Crippen LogP contribution in [0.15, 0.2) is 6.20 Å². The van der Waals surface area contributed by atoms with Crippen molar-refractivity contribution in [3.63, 3.8) is 0 Å². The number of amides is 5. The molecule has 0 fully saturated rings. The molecule has 0 aliphatic heterocycles. The van der Waals surface area contributed by atoms with Crippen LogP contribution in [0.3, 0.4) is 0 Å². The zero-order valence-electron chi connectivity index (χ0n) is 28.9. The van der Waals surface area contributed by atoms with Gasteiger partial charge in [0.1, 0.15) is 18.1 Å². The molecule has 0 aliphatic carbocycles. The topological polar surface area (TPSA) is 351 Å². The van der Waals surface area contributed by atoms with E-state index >= 15 is 0 Å². The summed E-state index contributed by atoms with van der Waals surface area (Å²) in [6, 6.07) is -4.74. The Labute approximate surface area is 298 Å². The predicted octanol–water partition coefficient (Wildman–Crippen LogP) is -4.84. The minimum absolute atomic E-state index is 0.00251. The van der Waals surface area contributed by atoms with Gasteiger partial charge in [-0.2, -0.15) is 0 Å². The van der Waals surface area contributed by atoms with Crippen molar-refractivity contribution in [3.05, 3.63) is 11.9 Å². The molecule has 0 saturated heterocycles. The van der Waals surface area contributed by atoms with Gasteiger partial charge in [0.15, 0.2) is 5.96 Å². The number of nitrogens with zero attached hydrogens (tertiary/aromatic N) is 3. The normalized spacial score (nSPS) is 12.4. The molecular weight excluding hydrogens is 694 g/mol. The van der Waals surface area contributed by atoms with Crippen LogP contribution in [0.1, 0.15) is 44.7 Å². The number of hydrogen-bond donors (Lipinski definition) is 11. The number of guanidine groups is 1. The summed E-state index contributed by atoms with van der Waals surface area (Å²) in [6.45, 7) is 2.42. The van der Waals surface area contributed by atoms with E-state index in [2.05, 4.69) is 36.9 Å². The second-order valence-electron chi connectivity index (χ2n) is 11.1. The second-order valence-corrected chi connectivity index (χ2v) is 11.1. The number of ether oxygens (including phenoxy) is 2. The lowest BCUT2D eigenvalue weighted by molar-refractivity contribution is -0.144. The van der Waals surface area contributed by atoms with Gasteiger partial charge >= 0.3 is 11.9 Å². The molecule has 0 radical (unpaired) electrons. The maximum atomic E-state index is 12.9. The number of aliphatic hydroxyl groups excluding tert-OH is 1. The van der Waals surface area contributed by atoms with Crippen molar-refractivity contribution in [2.24, 2.45) is 5.73 Å². The highest BCUT2D eigenvalue weighted by Crippen LogP contribution is 2.01. The fourth-order valence-electron chi connectivity index (χ4n) is 4.12. The molecule has 292 valence electrons. The lowest BCUT2D eigenvalue weighted by Crippen LogP contribution is -2.55. The van der Waals surface area contributed by atoms with Gasteiger partial charge in [-0.15, -0.1) is 5.10 Å². The van der Waals surface area contributed by atoms with E-state index in [1.54, 1.807) is 10.9 Å². The third-order valence-electron chi connectivity index (χ3n) is 6.71. The van der Waals surface area contributed by atoms with Crippen LogP contribution in [0.4, 0.5) is 0 Å². The monoisotopic (exact) mass is 743 g/mol. The maximum absolute atomic E-state index is 12.9. The van der Waals surface area contributed by atoms with Gasteiger partial charge in [0.2, 0.25) is 29.5 Å². The average molecular weight is 744 g/mol. The van der Waals surface area contributed by atoms with Gasteiger partial charge in [-0.1, -0.05) is 12.1 Å². The number of aliphatic hydroxyl groups is 1. The van der Waals surface area contributed by atoms with Crippen LogP contribution in [0.5, 0.6) is 0 Å². The predicted molar refractivity (Wildman–Crippen MR) is 178 cm³/mol. The molecule has 23 nitrogen and oxygen atoms in total. The summed E-state index contributed by atoms with van der Waals surface area (Å²) in [7, 11) is 0. The minimum atomic E-state index is -1.76. The quantitative estimate of drug-likeness (QED) is 0.0218. The number of aromatic nitrogens is 3. The number of carbonyl (C=O) groups excluding carboxylic acids is 5. The van der Waals surface area contributed by atoms with Gasteiger partial charge in [0.05, 0.1) is 58.2 Å². The zero-order valence-corrected chi connectivity index (χ0v) is 28.9. The van der Waals surface area contributed by atoms with Crippen molar-refractivity contribution in [2.45, 2.75) is 70.1 Å². The molecule has 0 aromatic carbocycles. The first-order chi connectivity index (χ1) is 24.7. The molecule has 52 heavy (non-hydrogen) atoms. The standard InChI is InChI=1S/C29H49N11O12/c1-2-9-51-11-12-52-10-8-40-16-18(38-39-40)5-6-22(42)33-14-23(43)35-19(4-3-7-32-29(30)31)26(47)34-15-24(44)36-20(13-25(45)46)27(48)37-21(17-41)28(49)50/h16,19-21,41H,2-15,17H2,1H3,(H,33,42)(H,34,47)(H,35,43)(H,36,44)(H,37,48)(H,45,46)(H,49,50)(H4,30,31,32)/t19-,20-,21-/m0/s1. The fourth-order valence-corrected chi connectivity index (χ4v) is 4.12. The van der Waals surface area contributed by atoms with E-state index in [0.29, 0.717) is 38.7 Å². The molecular formula is C29H49N11O12. The smallest absolute Gasteiger partial charge is 0.328 e. The number of aliphatic carboxylic acids is 2. The van der Waals surface area contributed by atoms with E-state index in [4.69, 9.17) is 35.9 Å². The third kappa shape index (κ3) is 20.3. The number of carboxylic acids is 2. The van der Waals surface area contributed by atoms with Gasteiger partial charge in [0.25, 0.3) is 0 Å². The molecule has 1 aromatic rings. The highest BCUT2D eigenvalue weighted by atomic mass is 16.5. The van der Waals surface area contributed by atoms with E-state index < -0.39 is 85.7 Å². The van der Waals surface area contributed by atoms with Crippen LogP contribution >= 0.6 is 0 Å². The average Bonchev–Trinajstić information content (AvgIpc) is 3.55. The Balaban J connectivity index is 2.63. The van der Waals surface area contributed by atoms with Gasteiger partial charge in [0, 0.05) is 32.2 Å². The van der Waals surface area contributed by atoms with Crippen LogP contribution in [0.25, 0.3) is 0 Å². The Morgan fingerprint density at radius 2 is 1.52 bits per heavy atom. The van der Waals surface area contributed by atoms with Gasteiger partial charge < -0.3 is 62.4 Å². The number of nitrogens with one attached hydrogen (secondary N) is 7. The SMILES string of the molecule is CCCOCCOCCn1cc(CCC(=O)NCC(=O)N[C@@H](CCCNC(=N)N)C(=O)NCC(=O)N[C@@H](CC(=O)O)C(=O)N[C@@H](CO)C(=O)O)nn1. The Morgan fingerprint density at radius 3 is 2.13 bits per heavy atom. The number of carboxylic acid groups (broad SMARTS) is 2. The van der Waals surface area contributed by atoms with Crippen molar-refractivity contribution < 1.29 is 58.4 Å². The van der Waals surface area contributed by atoms with E-state index in [9.17, 15) is 33.6 Å². The van der Waals surface area contributed by atoms with Crippen molar-refractivity contribution in [1.29, 1.82) is 5.41 Å². The van der Waals surface area contributed by atoms with Gasteiger partial charge in [-0.25, -0.2) is 9.48 Å². The summed E-state index contributed by atoms with van der Waals surface area (Å²) >= 11 is 0. The van der Waals surface area contributed by atoms with Crippen molar-refractivity contribution in [2.75, 3.05) is 52.7 Å². The summed E-state index contributed by atoms with van der Waals surface area (Å²) in [5, 5.41) is 56.1. The zero-order chi connectivity index (χ0) is 38.9. The summed E-state index contributed by atoms with van der Waals surface area (Å²) < 4.78 is 12.4. The third-order valence-corrected chi connectivity index (χ3v) is 6.71. The number of carbonyl (C=O) groups is 7. The number of nitrogens with two attached hydrogens (primary N) is 1. The van der Waals surface area contributed by atoms with Gasteiger partial charge in [-0.05, 0) is 19.3 Å². The summed E-state index contributed by atoms with van der Waals surface area (Å²) in [4.78, 5) is 85.1. The first-order valence-electron chi connectivity index (χ1n) is 16.4. The minimum Gasteiger partial charge on any atom is -0.481 e. The first-order valence-corrected chi connectivity index (χ1v) is 16.4. The lowest BCUT2D eigenvalue weighted by Gasteiger charge is -2.21. The lowest BCUT2D eigenvalue weighted by atomic mass is 10.1. The van der Waals surface area contributed by atoms with Crippen LogP contribution in [0, 0.1) is 5.41 Å². The molecule has 1 heterocycles. The molecule has 12 N–H and O–H groups in total. The Hall–Kier alpha value is -5.42. The molecule has 0 aliphatic rings. The van der Waals surface area contributed by atoms with E-state index in [0.717, 1.165) is 6.42 Å². The molecule has 3 atom stereocenters. The number of aryl methyl sites for hydroxylation is 1. The molecule has 0 saturated carbocycles. The van der Waals surface area contributed by atoms with Gasteiger partial charge in [-0.3, -0.25) is 34.2 Å². The Morgan fingerprint density at radius 1 is 0.865 bits per heavy atom. The van der Waals surface area contributed by atoms with Crippen molar-refractivity contribution >= 4 is 47.4 Å². The molecule has 0 bridgehead atoms. The highest BCUT2D eigenvalue weighted by Gasteiger charge is 2.28. The Bertz CT molecular complexity index is 1340. The highest BCUT2D eigenvalue weighted by molar-refractivity contribution is 5.95. The molecule has 1 rings (SSSR count). The summed E-state index contributed by atoms with van der Waals surface area (Å²) in [5.74, 6) is -7.72. The van der Waals surface area contributed by atoms with Crippen LogP contribution in [0.2, 0.25) is 0 Å². The molecule has 5 amide bonds. The maximum Gasteiger partial charge on any atom is 0.328 e. The molecule has 23 heteroatoms.